The fraction of sp³-hybridized carbons (Fsp3) is 0.294. The number of rotatable bonds is 3. The lowest BCUT2D eigenvalue weighted by Crippen LogP contribution is -2.06. The van der Waals surface area contributed by atoms with Crippen LogP contribution in [0.15, 0.2) is 30.3 Å². The van der Waals surface area contributed by atoms with E-state index in [-0.39, 0.29) is 0 Å². The van der Waals surface area contributed by atoms with Gasteiger partial charge in [0.1, 0.15) is 11.9 Å². The molecule has 0 aromatic heterocycles. The molecule has 3 heteroatoms. The van der Waals surface area contributed by atoms with Gasteiger partial charge in [-0.05, 0) is 65.6 Å². The molecule has 0 aliphatic rings. The summed E-state index contributed by atoms with van der Waals surface area (Å²) in [5.41, 5.74) is 5.15. The van der Waals surface area contributed by atoms with Crippen molar-refractivity contribution in [1.29, 1.82) is 0 Å². The number of methoxy groups -OCH3 is 1. The summed E-state index contributed by atoms with van der Waals surface area (Å²) in [6.07, 6.45) is -0.670. The minimum absolute atomic E-state index is 0.670. The van der Waals surface area contributed by atoms with E-state index in [1.165, 1.54) is 5.56 Å². The van der Waals surface area contributed by atoms with Crippen LogP contribution in [0.2, 0.25) is 0 Å². The average Bonchev–Trinajstić information content (AvgIpc) is 2.44. The highest BCUT2D eigenvalue weighted by molar-refractivity contribution is 14.1. The molecule has 2 nitrogen and oxygen atoms in total. The lowest BCUT2D eigenvalue weighted by molar-refractivity contribution is 0.213. The standard InChI is InChI=1S/C17H19IO2/c1-10-8-9-14(17(20-4)12(10)3)16(19)13-7-5-6-11(2)15(13)18/h5-9,16,19H,1-4H3. The van der Waals surface area contributed by atoms with Crippen molar-refractivity contribution in [2.75, 3.05) is 7.11 Å². The summed E-state index contributed by atoms with van der Waals surface area (Å²) in [5.74, 6) is 0.773. The van der Waals surface area contributed by atoms with Crippen LogP contribution in [0.1, 0.15) is 33.9 Å². The Morgan fingerprint density at radius 1 is 1.00 bits per heavy atom. The molecule has 1 unspecified atom stereocenters. The van der Waals surface area contributed by atoms with Gasteiger partial charge < -0.3 is 9.84 Å². The van der Waals surface area contributed by atoms with Gasteiger partial charge in [0, 0.05) is 9.13 Å². The van der Waals surface area contributed by atoms with Gasteiger partial charge in [-0.3, -0.25) is 0 Å². The van der Waals surface area contributed by atoms with Crippen LogP contribution >= 0.6 is 22.6 Å². The Kier molecular flexibility index (Phi) is 4.70. The highest BCUT2D eigenvalue weighted by atomic mass is 127. The van der Waals surface area contributed by atoms with Crippen LogP contribution in [0.3, 0.4) is 0 Å². The first-order valence-corrected chi connectivity index (χ1v) is 7.62. The third kappa shape index (κ3) is 2.69. The zero-order valence-electron chi connectivity index (χ0n) is 12.2. The van der Waals surface area contributed by atoms with Gasteiger partial charge in [-0.2, -0.15) is 0 Å². The molecule has 0 saturated heterocycles. The van der Waals surface area contributed by atoms with E-state index >= 15 is 0 Å². The van der Waals surface area contributed by atoms with Crippen LogP contribution < -0.4 is 4.74 Å². The topological polar surface area (TPSA) is 29.5 Å². The maximum Gasteiger partial charge on any atom is 0.128 e. The predicted octanol–water partition coefficient (Wildman–Crippen LogP) is 4.31. The molecule has 0 aliphatic carbocycles. The molecule has 0 aliphatic heterocycles. The predicted molar refractivity (Wildman–Crippen MR) is 90.4 cm³/mol. The molecule has 106 valence electrons. The third-order valence-corrected chi connectivity index (χ3v) is 5.20. The molecule has 0 heterocycles. The van der Waals surface area contributed by atoms with E-state index in [9.17, 15) is 5.11 Å². The maximum absolute atomic E-state index is 10.7. The molecule has 0 bridgehead atoms. The lowest BCUT2D eigenvalue weighted by atomic mass is 9.95. The normalized spacial score (nSPS) is 12.3. The van der Waals surface area contributed by atoms with Gasteiger partial charge in [-0.25, -0.2) is 0 Å². The fourth-order valence-corrected chi connectivity index (χ4v) is 3.00. The smallest absolute Gasteiger partial charge is 0.128 e. The van der Waals surface area contributed by atoms with Crippen LogP contribution in [-0.4, -0.2) is 12.2 Å². The molecular formula is C17H19IO2. The molecule has 0 amide bonds. The zero-order chi connectivity index (χ0) is 14.9. The van der Waals surface area contributed by atoms with E-state index in [0.29, 0.717) is 0 Å². The molecule has 0 fully saturated rings. The molecule has 20 heavy (non-hydrogen) atoms. The summed E-state index contributed by atoms with van der Waals surface area (Å²) in [7, 11) is 1.65. The number of aryl methyl sites for hydroxylation is 2. The van der Waals surface area contributed by atoms with Crippen molar-refractivity contribution < 1.29 is 9.84 Å². The summed E-state index contributed by atoms with van der Waals surface area (Å²) < 4.78 is 6.60. The second-order valence-electron chi connectivity index (χ2n) is 5.01. The number of benzene rings is 2. The molecule has 0 saturated carbocycles. The molecule has 2 aromatic rings. The Morgan fingerprint density at radius 2 is 1.70 bits per heavy atom. The van der Waals surface area contributed by atoms with Crippen LogP contribution in [0.5, 0.6) is 5.75 Å². The summed E-state index contributed by atoms with van der Waals surface area (Å²) in [4.78, 5) is 0. The average molecular weight is 382 g/mol. The summed E-state index contributed by atoms with van der Waals surface area (Å²) in [6.45, 7) is 6.12. The monoisotopic (exact) mass is 382 g/mol. The molecule has 0 radical (unpaired) electrons. The second kappa shape index (κ2) is 6.14. The summed E-state index contributed by atoms with van der Waals surface area (Å²) in [5, 5.41) is 10.7. The Bertz CT molecular complexity index is 635. The van der Waals surface area contributed by atoms with Crippen molar-refractivity contribution in [1.82, 2.24) is 0 Å². The Labute approximate surface area is 133 Å². The van der Waals surface area contributed by atoms with Crippen molar-refractivity contribution in [3.8, 4) is 5.75 Å². The van der Waals surface area contributed by atoms with Crippen LogP contribution in [0.4, 0.5) is 0 Å². The summed E-state index contributed by atoms with van der Waals surface area (Å²) >= 11 is 2.29. The van der Waals surface area contributed by atoms with Crippen LogP contribution in [0.25, 0.3) is 0 Å². The summed E-state index contributed by atoms with van der Waals surface area (Å²) in [6, 6.07) is 9.97. The van der Waals surface area contributed by atoms with Crippen molar-refractivity contribution in [2.24, 2.45) is 0 Å². The fourth-order valence-electron chi connectivity index (χ4n) is 2.35. The van der Waals surface area contributed by atoms with Gasteiger partial charge >= 0.3 is 0 Å². The number of ether oxygens (including phenoxy) is 1. The largest absolute Gasteiger partial charge is 0.496 e. The maximum atomic E-state index is 10.7. The van der Waals surface area contributed by atoms with Crippen molar-refractivity contribution in [3.63, 3.8) is 0 Å². The highest BCUT2D eigenvalue weighted by Gasteiger charge is 2.20. The van der Waals surface area contributed by atoms with Gasteiger partial charge in [0.25, 0.3) is 0 Å². The number of aliphatic hydroxyl groups is 1. The quantitative estimate of drug-likeness (QED) is 0.802. The van der Waals surface area contributed by atoms with E-state index in [2.05, 4.69) is 35.6 Å². The highest BCUT2D eigenvalue weighted by Crippen LogP contribution is 2.36. The number of aliphatic hydroxyl groups excluding tert-OH is 1. The Morgan fingerprint density at radius 3 is 2.35 bits per heavy atom. The van der Waals surface area contributed by atoms with E-state index in [0.717, 1.165) is 31.6 Å². The number of halogens is 1. The van der Waals surface area contributed by atoms with Crippen molar-refractivity contribution in [2.45, 2.75) is 26.9 Å². The number of hydrogen-bond acceptors (Lipinski definition) is 2. The Hall–Kier alpha value is -1.07. The van der Waals surface area contributed by atoms with Gasteiger partial charge in [0.2, 0.25) is 0 Å². The third-order valence-electron chi connectivity index (χ3n) is 3.72. The van der Waals surface area contributed by atoms with E-state index < -0.39 is 6.10 Å². The number of hydrogen-bond donors (Lipinski definition) is 1. The van der Waals surface area contributed by atoms with E-state index in [4.69, 9.17) is 4.74 Å². The lowest BCUT2D eigenvalue weighted by Gasteiger charge is -2.19. The van der Waals surface area contributed by atoms with E-state index in [1.807, 2.05) is 38.1 Å². The minimum Gasteiger partial charge on any atom is -0.496 e. The SMILES string of the molecule is COc1c(C(O)c2cccc(C)c2I)ccc(C)c1C. The molecule has 2 rings (SSSR count). The molecule has 1 atom stereocenters. The van der Waals surface area contributed by atoms with Gasteiger partial charge in [0.15, 0.2) is 0 Å². The molecule has 1 N–H and O–H groups in total. The Balaban J connectivity index is 2.56. The first-order valence-electron chi connectivity index (χ1n) is 6.54. The van der Waals surface area contributed by atoms with Gasteiger partial charge in [-0.1, -0.05) is 30.3 Å². The van der Waals surface area contributed by atoms with E-state index in [1.54, 1.807) is 7.11 Å². The van der Waals surface area contributed by atoms with Gasteiger partial charge in [0.05, 0.1) is 7.11 Å². The first-order chi connectivity index (χ1) is 9.47. The van der Waals surface area contributed by atoms with Gasteiger partial charge in [-0.15, -0.1) is 0 Å². The zero-order valence-corrected chi connectivity index (χ0v) is 14.4. The van der Waals surface area contributed by atoms with Crippen molar-refractivity contribution in [3.05, 3.63) is 61.7 Å². The van der Waals surface area contributed by atoms with Crippen LogP contribution in [0, 0.1) is 24.3 Å². The van der Waals surface area contributed by atoms with Crippen molar-refractivity contribution >= 4 is 22.6 Å². The molecule has 0 spiro atoms. The first kappa shape index (κ1) is 15.3. The molecular weight excluding hydrogens is 363 g/mol. The second-order valence-corrected chi connectivity index (χ2v) is 6.09. The minimum atomic E-state index is -0.670. The molecule has 2 aromatic carbocycles. The van der Waals surface area contributed by atoms with Crippen LogP contribution in [-0.2, 0) is 0 Å².